The molecule has 0 bridgehead atoms. The molecule has 1 heterocycles. The molecular weight excluding hydrogens is 401 g/mol. The average molecular weight is 424 g/mol. The maximum absolute atomic E-state index is 13.1. The second kappa shape index (κ2) is 8.42. The Labute approximate surface area is 179 Å². The number of hydrogen-bond donors (Lipinski definition) is 3. The predicted molar refractivity (Wildman–Crippen MR) is 118 cm³/mol. The molecule has 1 aliphatic rings. The van der Waals surface area contributed by atoms with Crippen LogP contribution < -0.4 is 4.90 Å². The Morgan fingerprint density at radius 3 is 2.33 bits per heavy atom. The summed E-state index contributed by atoms with van der Waals surface area (Å²) in [5, 5.41) is 30.7. The molecule has 1 aliphatic heterocycles. The van der Waals surface area contributed by atoms with Crippen molar-refractivity contribution in [2.24, 2.45) is 5.92 Å². The van der Waals surface area contributed by atoms with Crippen LogP contribution in [0.25, 0.3) is 0 Å². The molecule has 30 heavy (non-hydrogen) atoms. The van der Waals surface area contributed by atoms with Gasteiger partial charge in [-0.1, -0.05) is 42.5 Å². The molecule has 1 fully saturated rings. The topological polar surface area (TPSA) is 63.9 Å². The molecule has 0 aromatic heterocycles. The lowest BCUT2D eigenvalue weighted by Crippen LogP contribution is -2.54. The van der Waals surface area contributed by atoms with Gasteiger partial charge >= 0.3 is 0 Å². The molecule has 0 aliphatic carbocycles. The van der Waals surface area contributed by atoms with Crippen molar-refractivity contribution >= 4 is 22.9 Å². The van der Waals surface area contributed by atoms with E-state index in [0.29, 0.717) is 24.0 Å². The van der Waals surface area contributed by atoms with E-state index in [1.807, 2.05) is 35.2 Å². The van der Waals surface area contributed by atoms with Crippen LogP contribution >= 0.6 is 12.2 Å². The standard InChI is InChI=1S/C24H22FNO3S/c25-16-8-6-15(7-9-16)21(28)13-12-20-23(19-11-10-18(27)14-22(19)29)26(24(20)30)17-4-2-1-3-5-17/h1-11,14,20-21,23,27-29H,12-13H2. The van der Waals surface area contributed by atoms with Crippen molar-refractivity contribution in [3.63, 3.8) is 0 Å². The molecule has 154 valence electrons. The number of nitrogens with zero attached hydrogens (tertiary/aromatic N) is 1. The minimum atomic E-state index is -0.728. The van der Waals surface area contributed by atoms with Crippen molar-refractivity contribution in [3.8, 4) is 11.5 Å². The highest BCUT2D eigenvalue weighted by molar-refractivity contribution is 7.80. The van der Waals surface area contributed by atoms with Crippen LogP contribution in [-0.4, -0.2) is 20.3 Å². The van der Waals surface area contributed by atoms with Crippen LogP contribution in [0.5, 0.6) is 11.5 Å². The van der Waals surface area contributed by atoms with E-state index in [2.05, 4.69) is 0 Å². The number of phenolic OH excluding ortho intramolecular Hbond substituents is 2. The number of hydrogen-bond acceptors (Lipinski definition) is 4. The summed E-state index contributed by atoms with van der Waals surface area (Å²) < 4.78 is 13.1. The van der Waals surface area contributed by atoms with Gasteiger partial charge in [-0.05, 0) is 54.8 Å². The quantitative estimate of drug-likeness (QED) is 0.472. The summed E-state index contributed by atoms with van der Waals surface area (Å²) in [6.45, 7) is 0. The Morgan fingerprint density at radius 1 is 0.967 bits per heavy atom. The van der Waals surface area contributed by atoms with Gasteiger partial charge in [-0.15, -0.1) is 0 Å². The van der Waals surface area contributed by atoms with Crippen LogP contribution in [0.4, 0.5) is 10.1 Å². The van der Waals surface area contributed by atoms with E-state index < -0.39 is 6.10 Å². The first kappa shape index (κ1) is 20.3. The second-order valence-corrected chi connectivity index (χ2v) is 7.90. The third-order valence-corrected chi connectivity index (χ3v) is 6.09. The highest BCUT2D eigenvalue weighted by Crippen LogP contribution is 2.49. The fourth-order valence-electron chi connectivity index (χ4n) is 4.03. The molecule has 6 heteroatoms. The highest BCUT2D eigenvalue weighted by Gasteiger charge is 2.46. The summed E-state index contributed by atoms with van der Waals surface area (Å²) in [6.07, 6.45) is 0.327. The van der Waals surface area contributed by atoms with Gasteiger partial charge in [-0.25, -0.2) is 4.39 Å². The van der Waals surface area contributed by atoms with Crippen LogP contribution in [-0.2, 0) is 0 Å². The van der Waals surface area contributed by atoms with Crippen molar-refractivity contribution < 1.29 is 19.7 Å². The van der Waals surface area contributed by atoms with Crippen LogP contribution in [0.3, 0.4) is 0 Å². The molecule has 0 amide bonds. The van der Waals surface area contributed by atoms with Crippen molar-refractivity contribution in [2.45, 2.75) is 25.0 Å². The van der Waals surface area contributed by atoms with Gasteiger partial charge in [-0.2, -0.15) is 0 Å². The molecule has 4 rings (SSSR count). The van der Waals surface area contributed by atoms with Crippen molar-refractivity contribution in [1.82, 2.24) is 0 Å². The molecule has 3 atom stereocenters. The van der Waals surface area contributed by atoms with Gasteiger partial charge in [0.1, 0.15) is 17.3 Å². The third-order valence-electron chi connectivity index (χ3n) is 5.59. The number of aliphatic hydroxyl groups is 1. The monoisotopic (exact) mass is 423 g/mol. The van der Waals surface area contributed by atoms with Gasteiger partial charge in [0.2, 0.25) is 0 Å². The first-order chi connectivity index (χ1) is 14.5. The van der Waals surface area contributed by atoms with Crippen molar-refractivity contribution in [3.05, 3.63) is 89.7 Å². The Hall–Kier alpha value is -2.96. The molecule has 0 saturated carbocycles. The van der Waals surface area contributed by atoms with E-state index in [4.69, 9.17) is 12.2 Å². The number of aromatic hydroxyl groups is 2. The van der Waals surface area contributed by atoms with Crippen LogP contribution in [0.2, 0.25) is 0 Å². The number of benzene rings is 3. The van der Waals surface area contributed by atoms with Crippen LogP contribution in [0, 0.1) is 11.7 Å². The zero-order chi connectivity index (χ0) is 21.3. The van der Waals surface area contributed by atoms with E-state index >= 15 is 0 Å². The normalized spacial score (nSPS) is 19.4. The van der Waals surface area contributed by atoms with Gasteiger partial charge < -0.3 is 20.2 Å². The summed E-state index contributed by atoms with van der Waals surface area (Å²) >= 11 is 5.70. The second-order valence-electron chi connectivity index (χ2n) is 7.48. The molecular formula is C24H22FNO3S. The first-order valence-corrected chi connectivity index (χ1v) is 10.2. The number of halogens is 1. The summed E-state index contributed by atoms with van der Waals surface area (Å²) in [5.41, 5.74) is 2.26. The van der Waals surface area contributed by atoms with Crippen LogP contribution in [0.15, 0.2) is 72.8 Å². The minimum absolute atomic E-state index is 0.00677. The number of phenols is 2. The number of thiocarbonyl (C=S) groups is 1. The zero-order valence-corrected chi connectivity index (χ0v) is 17.0. The molecule has 3 unspecified atom stereocenters. The molecule has 0 radical (unpaired) electrons. The number of aliphatic hydroxyl groups excluding tert-OH is 1. The van der Waals surface area contributed by atoms with Gasteiger partial charge in [0, 0.05) is 23.2 Å². The smallest absolute Gasteiger partial charge is 0.124 e. The maximum Gasteiger partial charge on any atom is 0.124 e. The van der Waals surface area contributed by atoms with Crippen molar-refractivity contribution in [1.29, 1.82) is 0 Å². The molecule has 3 aromatic rings. The Kier molecular flexibility index (Phi) is 5.70. The Morgan fingerprint density at radius 2 is 1.67 bits per heavy atom. The van der Waals surface area contributed by atoms with E-state index in [9.17, 15) is 19.7 Å². The summed E-state index contributed by atoms with van der Waals surface area (Å²) in [5.74, 6) is -0.404. The molecule has 0 spiro atoms. The van der Waals surface area contributed by atoms with Gasteiger partial charge in [0.15, 0.2) is 0 Å². The van der Waals surface area contributed by atoms with Gasteiger partial charge in [0.05, 0.1) is 17.1 Å². The highest BCUT2D eigenvalue weighted by atomic mass is 32.1. The summed E-state index contributed by atoms with van der Waals surface area (Å²) in [4.78, 5) is 2.74. The van der Waals surface area contributed by atoms with E-state index in [-0.39, 0.29) is 29.3 Å². The summed E-state index contributed by atoms with van der Waals surface area (Å²) in [7, 11) is 0. The average Bonchev–Trinajstić information content (AvgIpc) is 2.74. The Bertz CT molecular complexity index is 1040. The number of anilines is 1. The maximum atomic E-state index is 13.1. The molecule has 3 aromatic carbocycles. The number of para-hydroxylation sites is 1. The largest absolute Gasteiger partial charge is 0.508 e. The minimum Gasteiger partial charge on any atom is -0.508 e. The molecule has 3 N–H and O–H groups in total. The fourth-order valence-corrected chi connectivity index (χ4v) is 4.50. The zero-order valence-electron chi connectivity index (χ0n) is 16.1. The van der Waals surface area contributed by atoms with E-state index in [1.54, 1.807) is 24.3 Å². The third kappa shape index (κ3) is 3.88. The van der Waals surface area contributed by atoms with Crippen molar-refractivity contribution in [2.75, 3.05) is 4.90 Å². The SMILES string of the molecule is Oc1ccc(C2C(CCC(O)c3ccc(F)cc3)C(=S)N2c2ccccc2)c(O)c1. The van der Waals surface area contributed by atoms with Gasteiger partial charge in [-0.3, -0.25) is 0 Å². The lowest BCUT2D eigenvalue weighted by molar-refractivity contribution is 0.157. The van der Waals surface area contributed by atoms with Crippen LogP contribution in [0.1, 0.15) is 36.1 Å². The van der Waals surface area contributed by atoms with E-state index in [0.717, 1.165) is 10.7 Å². The summed E-state index contributed by atoms with van der Waals surface area (Å²) in [6, 6.07) is 19.9. The lowest BCUT2D eigenvalue weighted by Gasteiger charge is -2.50. The molecule has 1 saturated heterocycles. The first-order valence-electron chi connectivity index (χ1n) is 9.79. The molecule has 4 nitrogen and oxygen atoms in total. The lowest BCUT2D eigenvalue weighted by atomic mass is 9.78. The number of rotatable bonds is 6. The van der Waals surface area contributed by atoms with E-state index in [1.165, 1.54) is 18.2 Å². The predicted octanol–water partition coefficient (Wildman–Crippen LogP) is 5.26. The van der Waals surface area contributed by atoms with Gasteiger partial charge in [0.25, 0.3) is 0 Å². The Balaban J connectivity index is 1.58. The fraction of sp³-hybridized carbons (Fsp3) is 0.208.